The van der Waals surface area contributed by atoms with Crippen LogP contribution in [-0.2, 0) is 4.79 Å². The summed E-state index contributed by atoms with van der Waals surface area (Å²) in [6.45, 7) is -0.581. The summed E-state index contributed by atoms with van der Waals surface area (Å²) in [6.07, 6.45) is 1.34. The fraction of sp³-hybridized carbons (Fsp3) is 0.133. The quantitative estimate of drug-likeness (QED) is 0.712. The maximum absolute atomic E-state index is 11.8. The van der Waals surface area contributed by atoms with Crippen molar-refractivity contribution in [1.82, 2.24) is 10.3 Å². The van der Waals surface area contributed by atoms with Crippen LogP contribution in [-0.4, -0.2) is 49.3 Å². The highest BCUT2D eigenvalue weighted by molar-refractivity contribution is 6.36. The number of amides is 1. The molecule has 1 aromatic carbocycles. The second-order valence-corrected chi connectivity index (χ2v) is 5.36. The zero-order chi connectivity index (χ0) is 17.9. The zero-order valence-corrected chi connectivity index (χ0v) is 13.1. The molecule has 0 saturated carbocycles. The first-order valence-corrected chi connectivity index (χ1v) is 7.17. The van der Waals surface area contributed by atoms with Crippen molar-refractivity contribution in [3.8, 4) is 16.9 Å². The van der Waals surface area contributed by atoms with Gasteiger partial charge in [-0.2, -0.15) is 0 Å². The Balaban J connectivity index is 2.38. The molecule has 0 saturated heterocycles. The van der Waals surface area contributed by atoms with E-state index in [1.54, 1.807) is 18.2 Å². The van der Waals surface area contributed by atoms with Gasteiger partial charge in [0, 0.05) is 16.8 Å². The topological polar surface area (TPSA) is 99.5 Å². The number of carboxylic acid groups (broad SMARTS) is 1. The van der Waals surface area contributed by atoms with Crippen LogP contribution >= 0.6 is 11.6 Å². The van der Waals surface area contributed by atoms with Gasteiger partial charge in [0.25, 0.3) is 5.91 Å². The number of rotatable bonds is 5. The zero-order valence-electron chi connectivity index (χ0n) is 12.4. The van der Waals surface area contributed by atoms with Crippen LogP contribution in [0.4, 0.5) is 0 Å². The van der Waals surface area contributed by atoms with Crippen molar-refractivity contribution in [2.75, 3.05) is 6.54 Å². The molecule has 1 amide bonds. The van der Waals surface area contributed by atoms with Gasteiger partial charge >= 0.3 is 5.97 Å². The van der Waals surface area contributed by atoms with Crippen molar-refractivity contribution in [2.24, 2.45) is 0 Å². The number of halogens is 1. The number of hydrogen-bond acceptors (Lipinski definition) is 4. The lowest BCUT2D eigenvalue weighted by Gasteiger charge is -2.14. The molecule has 1 aromatic heterocycles. The fourth-order valence-electron chi connectivity index (χ4n) is 2.08. The number of aliphatic carboxylic acids is 1. The third-order valence-electron chi connectivity index (χ3n) is 3.17. The molecule has 1 heterocycles. The lowest BCUT2D eigenvalue weighted by atomic mass is 9.65. The number of pyridine rings is 1. The molecule has 0 aliphatic heterocycles. The maximum atomic E-state index is 11.8. The van der Waals surface area contributed by atoms with E-state index in [0.29, 0.717) is 21.7 Å². The van der Waals surface area contributed by atoms with Crippen LogP contribution in [0.3, 0.4) is 0 Å². The highest BCUT2D eigenvalue weighted by atomic mass is 35.5. The Morgan fingerprint density at radius 2 is 2.00 bits per heavy atom. The second kappa shape index (κ2) is 7.40. The molecule has 0 atom stereocenters. The van der Waals surface area contributed by atoms with Gasteiger partial charge in [-0.1, -0.05) is 28.9 Å². The van der Waals surface area contributed by atoms with Gasteiger partial charge in [-0.05, 0) is 23.8 Å². The first kappa shape index (κ1) is 17.9. The van der Waals surface area contributed by atoms with E-state index in [4.69, 9.17) is 32.4 Å². The summed E-state index contributed by atoms with van der Waals surface area (Å²) < 4.78 is 0. The molecule has 9 heteroatoms. The van der Waals surface area contributed by atoms with E-state index in [2.05, 4.69) is 10.3 Å². The van der Waals surface area contributed by atoms with E-state index in [-0.39, 0.29) is 5.69 Å². The largest absolute Gasteiger partial charge is 0.505 e. The van der Waals surface area contributed by atoms with E-state index < -0.39 is 29.9 Å². The average molecular weight is 340 g/mol. The minimum atomic E-state index is -1.21. The van der Waals surface area contributed by atoms with Gasteiger partial charge in [0.1, 0.15) is 12.3 Å². The molecule has 4 radical (unpaired) electrons. The maximum Gasteiger partial charge on any atom is 0.322 e. The standard InChI is InChI=1S/C15H11B2ClN2O4/c16-14(17)9-2-1-8(18)4-10(9)7-3-11(21)13(19-5-7)15(24)20-6-12(22)23/h1-5,14,21H,6H2,(H,20,24)(H,22,23). The fourth-order valence-corrected chi connectivity index (χ4v) is 2.26. The van der Waals surface area contributed by atoms with E-state index in [0.717, 1.165) is 0 Å². The summed E-state index contributed by atoms with van der Waals surface area (Å²) in [5.74, 6) is -2.42. The first-order chi connectivity index (χ1) is 11.3. The number of benzene rings is 1. The first-order valence-electron chi connectivity index (χ1n) is 6.79. The molecule has 0 aliphatic carbocycles. The van der Waals surface area contributed by atoms with Gasteiger partial charge in [0.15, 0.2) is 5.69 Å². The summed E-state index contributed by atoms with van der Waals surface area (Å²) in [6, 6.07) is 6.21. The number of aromatic hydroxyl groups is 1. The molecule has 0 unspecified atom stereocenters. The molecular formula is C15H11B2ClN2O4. The van der Waals surface area contributed by atoms with Crippen LogP contribution in [0.15, 0.2) is 30.5 Å². The molecular weight excluding hydrogens is 329 g/mol. The Kier molecular flexibility index (Phi) is 5.51. The summed E-state index contributed by atoms with van der Waals surface area (Å²) >= 11 is 5.98. The lowest BCUT2D eigenvalue weighted by Crippen LogP contribution is -2.29. The minimum absolute atomic E-state index is 0.291. The predicted molar refractivity (Wildman–Crippen MR) is 90.6 cm³/mol. The highest BCUT2D eigenvalue weighted by Gasteiger charge is 2.16. The number of carboxylic acids is 1. The molecule has 0 spiro atoms. The number of carbonyl (C=O) groups excluding carboxylic acids is 1. The number of carbonyl (C=O) groups is 2. The van der Waals surface area contributed by atoms with Crippen molar-refractivity contribution < 1.29 is 19.8 Å². The van der Waals surface area contributed by atoms with Gasteiger partial charge in [-0.25, -0.2) is 4.98 Å². The molecule has 2 rings (SSSR count). The monoisotopic (exact) mass is 340 g/mol. The smallest absolute Gasteiger partial charge is 0.322 e. The molecule has 0 fully saturated rings. The van der Waals surface area contributed by atoms with Crippen molar-refractivity contribution >= 4 is 39.2 Å². The molecule has 24 heavy (non-hydrogen) atoms. The Hall–Kier alpha value is -2.47. The normalized spacial score (nSPS) is 10.6. The molecule has 2 aromatic rings. The summed E-state index contributed by atoms with van der Waals surface area (Å²) in [7, 11) is 11.4. The third kappa shape index (κ3) is 4.08. The van der Waals surface area contributed by atoms with Crippen LogP contribution < -0.4 is 5.32 Å². The van der Waals surface area contributed by atoms with Crippen LogP contribution in [0.1, 0.15) is 21.8 Å². The van der Waals surface area contributed by atoms with Crippen LogP contribution in [0.2, 0.25) is 5.02 Å². The van der Waals surface area contributed by atoms with Gasteiger partial charge in [0.2, 0.25) is 0 Å². The molecule has 6 nitrogen and oxygen atoms in total. The molecule has 118 valence electrons. The number of nitrogens with one attached hydrogen (secondary N) is 1. The summed E-state index contributed by atoms with van der Waals surface area (Å²) in [5, 5.41) is 21.1. The average Bonchev–Trinajstić information content (AvgIpc) is 2.52. The van der Waals surface area contributed by atoms with E-state index in [1.165, 1.54) is 12.3 Å². The van der Waals surface area contributed by atoms with E-state index in [1.807, 2.05) is 0 Å². The SMILES string of the molecule is [B]C([B])c1ccc(Cl)cc1-c1cnc(C(=O)NCC(=O)O)c(O)c1. The van der Waals surface area contributed by atoms with Gasteiger partial charge in [0.05, 0.1) is 15.7 Å². The van der Waals surface area contributed by atoms with Crippen LogP contribution in [0.25, 0.3) is 11.1 Å². The molecule has 0 aliphatic rings. The van der Waals surface area contributed by atoms with Crippen molar-refractivity contribution in [1.29, 1.82) is 0 Å². The molecule has 0 bridgehead atoms. The van der Waals surface area contributed by atoms with Gasteiger partial charge in [-0.3, -0.25) is 9.59 Å². The second-order valence-electron chi connectivity index (χ2n) is 4.93. The predicted octanol–water partition coefficient (Wildman–Crippen LogP) is 1.26. The number of aromatic nitrogens is 1. The molecule has 3 N–H and O–H groups in total. The minimum Gasteiger partial charge on any atom is -0.505 e. The number of nitrogens with zero attached hydrogens (tertiary/aromatic N) is 1. The van der Waals surface area contributed by atoms with E-state index in [9.17, 15) is 14.7 Å². The van der Waals surface area contributed by atoms with E-state index >= 15 is 0 Å². The lowest BCUT2D eigenvalue weighted by molar-refractivity contribution is -0.135. The Morgan fingerprint density at radius 3 is 2.58 bits per heavy atom. The van der Waals surface area contributed by atoms with Crippen molar-refractivity contribution in [3.05, 3.63) is 46.7 Å². The highest BCUT2D eigenvalue weighted by Crippen LogP contribution is 2.32. The van der Waals surface area contributed by atoms with Crippen molar-refractivity contribution in [3.63, 3.8) is 0 Å². The van der Waals surface area contributed by atoms with Gasteiger partial charge < -0.3 is 15.5 Å². The van der Waals surface area contributed by atoms with Crippen LogP contribution in [0, 0.1) is 0 Å². The third-order valence-corrected chi connectivity index (χ3v) is 3.40. The van der Waals surface area contributed by atoms with Gasteiger partial charge in [-0.15, -0.1) is 0 Å². The summed E-state index contributed by atoms with van der Waals surface area (Å²) in [4.78, 5) is 26.1. The summed E-state index contributed by atoms with van der Waals surface area (Å²) in [5.41, 5.74) is 0.556. The number of hydrogen-bond donors (Lipinski definition) is 3. The Labute approximate surface area is 145 Å². The van der Waals surface area contributed by atoms with Crippen LogP contribution in [0.5, 0.6) is 5.75 Å². The van der Waals surface area contributed by atoms with Crippen molar-refractivity contribution in [2.45, 2.75) is 5.72 Å². The Morgan fingerprint density at radius 1 is 1.29 bits per heavy atom. The Bertz CT molecular complexity index is 799.